The van der Waals surface area contributed by atoms with Crippen molar-refractivity contribution in [2.75, 3.05) is 13.1 Å². The van der Waals surface area contributed by atoms with Gasteiger partial charge in [0.25, 0.3) is 17.8 Å². The van der Waals surface area contributed by atoms with Gasteiger partial charge < -0.3 is 10.0 Å². The standard InChI is InChI=1S/C27H23F5N2O2/c1-15(2)18-5-3-4-6-19(18)16-7-9-21-20(11-16)23(35)27(31,32)25(21)13-34(14-26(25,29)30)24(36)22-10-8-17(28)12-33-22/h3-12,15,23,35H,13-14H2,1-2H3. The summed E-state index contributed by atoms with van der Waals surface area (Å²) in [7, 11) is 0. The van der Waals surface area contributed by atoms with Crippen molar-refractivity contribution in [2.45, 2.75) is 43.1 Å². The van der Waals surface area contributed by atoms with Crippen molar-refractivity contribution in [3.05, 3.63) is 89.0 Å². The first-order valence-electron chi connectivity index (χ1n) is 11.5. The largest absolute Gasteiger partial charge is 0.382 e. The van der Waals surface area contributed by atoms with Gasteiger partial charge in [0, 0.05) is 6.54 Å². The number of amides is 1. The fourth-order valence-electron chi connectivity index (χ4n) is 5.49. The summed E-state index contributed by atoms with van der Waals surface area (Å²) in [6.45, 7) is 1.64. The zero-order valence-electron chi connectivity index (χ0n) is 19.5. The number of carbonyl (C=O) groups excluding carboxylic acids is 1. The molecule has 1 spiro atoms. The summed E-state index contributed by atoms with van der Waals surface area (Å²) < 4.78 is 75.7. The van der Waals surface area contributed by atoms with Crippen molar-refractivity contribution < 1.29 is 31.9 Å². The number of aliphatic hydroxyl groups is 1. The highest BCUT2D eigenvalue weighted by molar-refractivity contribution is 5.93. The van der Waals surface area contributed by atoms with E-state index in [2.05, 4.69) is 4.98 Å². The van der Waals surface area contributed by atoms with Gasteiger partial charge in [0.05, 0.1) is 12.7 Å². The number of aliphatic hydroxyl groups excluding tert-OH is 1. The van der Waals surface area contributed by atoms with Gasteiger partial charge in [-0.1, -0.05) is 50.2 Å². The molecule has 1 amide bonds. The number of nitrogens with zero attached hydrogens (tertiary/aromatic N) is 2. The summed E-state index contributed by atoms with van der Waals surface area (Å²) in [4.78, 5) is 17.0. The molecule has 1 aliphatic heterocycles. The van der Waals surface area contributed by atoms with Crippen LogP contribution in [-0.2, 0) is 5.41 Å². The average molecular weight is 502 g/mol. The molecule has 3 aromatic rings. The van der Waals surface area contributed by atoms with Gasteiger partial charge >= 0.3 is 0 Å². The molecule has 4 nitrogen and oxygen atoms in total. The number of alkyl halides is 4. The highest BCUT2D eigenvalue weighted by Gasteiger charge is 2.79. The Morgan fingerprint density at radius 2 is 1.78 bits per heavy atom. The van der Waals surface area contributed by atoms with Crippen molar-refractivity contribution in [1.82, 2.24) is 9.88 Å². The fraction of sp³-hybridized carbons (Fsp3) is 0.333. The number of halogens is 5. The van der Waals surface area contributed by atoms with Crippen LogP contribution in [0.5, 0.6) is 0 Å². The molecule has 1 aromatic heterocycles. The molecule has 0 bridgehead atoms. The fourth-order valence-corrected chi connectivity index (χ4v) is 5.49. The molecule has 2 aliphatic rings. The number of likely N-dealkylation sites (tertiary alicyclic amines) is 1. The number of hydrogen-bond donors (Lipinski definition) is 1. The van der Waals surface area contributed by atoms with Crippen LogP contribution in [0.2, 0.25) is 0 Å². The Hall–Kier alpha value is -3.33. The maximum atomic E-state index is 15.7. The molecule has 0 saturated carbocycles. The molecule has 188 valence electrons. The highest BCUT2D eigenvalue weighted by atomic mass is 19.3. The molecule has 1 fully saturated rings. The molecule has 5 rings (SSSR count). The summed E-state index contributed by atoms with van der Waals surface area (Å²) in [5.74, 6) is -9.96. The van der Waals surface area contributed by atoms with Crippen LogP contribution in [0.15, 0.2) is 60.8 Å². The molecular formula is C27H23F5N2O2. The summed E-state index contributed by atoms with van der Waals surface area (Å²) in [6.07, 6.45) is -1.74. The number of aromatic nitrogens is 1. The molecule has 9 heteroatoms. The van der Waals surface area contributed by atoms with Gasteiger partial charge in [-0.3, -0.25) is 4.79 Å². The lowest BCUT2D eigenvalue weighted by atomic mass is 9.75. The minimum absolute atomic E-state index is 0.117. The van der Waals surface area contributed by atoms with Crippen LogP contribution in [0, 0.1) is 5.82 Å². The first kappa shape index (κ1) is 24.4. The Bertz CT molecular complexity index is 1340. The number of benzene rings is 2. The van der Waals surface area contributed by atoms with Crippen LogP contribution in [0.4, 0.5) is 22.0 Å². The van der Waals surface area contributed by atoms with E-state index in [1.54, 1.807) is 6.07 Å². The zero-order valence-corrected chi connectivity index (χ0v) is 19.5. The van der Waals surface area contributed by atoms with Gasteiger partial charge in [-0.15, -0.1) is 0 Å². The predicted octanol–water partition coefficient (Wildman–Crippen LogP) is 5.72. The first-order valence-corrected chi connectivity index (χ1v) is 11.5. The van der Waals surface area contributed by atoms with Crippen molar-refractivity contribution in [2.24, 2.45) is 0 Å². The minimum Gasteiger partial charge on any atom is -0.382 e. The lowest BCUT2D eigenvalue weighted by molar-refractivity contribution is -0.204. The van der Waals surface area contributed by atoms with Crippen molar-refractivity contribution in [3.8, 4) is 11.1 Å². The minimum atomic E-state index is -4.26. The Morgan fingerprint density at radius 1 is 1.06 bits per heavy atom. The second-order valence-corrected chi connectivity index (χ2v) is 9.70. The Labute approximate surface area is 204 Å². The summed E-state index contributed by atoms with van der Waals surface area (Å²) in [6, 6.07) is 13.3. The Balaban J connectivity index is 1.61. The van der Waals surface area contributed by atoms with E-state index in [1.165, 1.54) is 18.2 Å². The quantitative estimate of drug-likeness (QED) is 0.466. The summed E-state index contributed by atoms with van der Waals surface area (Å²) in [5.41, 5.74) is -1.92. The van der Waals surface area contributed by atoms with Gasteiger partial charge in [0.1, 0.15) is 23.0 Å². The third-order valence-corrected chi connectivity index (χ3v) is 7.29. The molecule has 2 atom stereocenters. The third kappa shape index (κ3) is 3.28. The van der Waals surface area contributed by atoms with E-state index in [4.69, 9.17) is 0 Å². The topological polar surface area (TPSA) is 53.4 Å². The molecule has 36 heavy (non-hydrogen) atoms. The summed E-state index contributed by atoms with van der Waals surface area (Å²) in [5, 5.41) is 10.6. The number of pyridine rings is 1. The zero-order chi connectivity index (χ0) is 26.0. The van der Waals surface area contributed by atoms with Gasteiger partial charge in [-0.25, -0.2) is 26.9 Å². The van der Waals surface area contributed by atoms with E-state index >= 15 is 17.6 Å². The molecule has 2 heterocycles. The molecule has 1 aliphatic carbocycles. The lowest BCUT2D eigenvalue weighted by Crippen LogP contribution is -2.55. The van der Waals surface area contributed by atoms with E-state index in [1.807, 2.05) is 32.0 Å². The molecule has 2 unspecified atom stereocenters. The SMILES string of the molecule is CC(C)c1ccccc1-c1ccc2c(c1)C(O)C(F)(F)C21CN(C(=O)c2ccc(F)cn2)CC1(F)F. The van der Waals surface area contributed by atoms with Gasteiger partial charge in [-0.2, -0.15) is 0 Å². The van der Waals surface area contributed by atoms with E-state index in [0.717, 1.165) is 29.5 Å². The molecule has 1 saturated heterocycles. The van der Waals surface area contributed by atoms with Crippen LogP contribution in [0.1, 0.15) is 53.0 Å². The van der Waals surface area contributed by atoms with Crippen LogP contribution in [0.25, 0.3) is 11.1 Å². The maximum absolute atomic E-state index is 15.7. The normalized spacial score (nSPS) is 23.9. The van der Waals surface area contributed by atoms with Crippen LogP contribution < -0.4 is 0 Å². The molecular weight excluding hydrogens is 479 g/mol. The van der Waals surface area contributed by atoms with Crippen molar-refractivity contribution in [3.63, 3.8) is 0 Å². The monoisotopic (exact) mass is 502 g/mol. The number of carbonyl (C=O) groups is 1. The van der Waals surface area contributed by atoms with Gasteiger partial charge in [0.15, 0.2) is 0 Å². The molecule has 2 aromatic carbocycles. The van der Waals surface area contributed by atoms with E-state index < -0.39 is 53.7 Å². The summed E-state index contributed by atoms with van der Waals surface area (Å²) >= 11 is 0. The highest BCUT2D eigenvalue weighted by Crippen LogP contribution is 2.64. The van der Waals surface area contributed by atoms with E-state index in [9.17, 15) is 14.3 Å². The van der Waals surface area contributed by atoms with E-state index in [0.29, 0.717) is 10.5 Å². The second kappa shape index (κ2) is 8.09. The average Bonchev–Trinajstić information content (AvgIpc) is 3.23. The van der Waals surface area contributed by atoms with Gasteiger partial charge in [-0.05, 0) is 51.9 Å². The van der Waals surface area contributed by atoms with Crippen LogP contribution in [0.3, 0.4) is 0 Å². The van der Waals surface area contributed by atoms with E-state index in [-0.39, 0.29) is 17.2 Å². The number of hydrogen-bond acceptors (Lipinski definition) is 3. The number of rotatable bonds is 3. The van der Waals surface area contributed by atoms with Crippen molar-refractivity contribution in [1.29, 1.82) is 0 Å². The second-order valence-electron chi connectivity index (χ2n) is 9.70. The predicted molar refractivity (Wildman–Crippen MR) is 123 cm³/mol. The molecule has 0 radical (unpaired) electrons. The smallest absolute Gasteiger partial charge is 0.294 e. The lowest BCUT2D eigenvalue weighted by Gasteiger charge is -2.36. The third-order valence-electron chi connectivity index (χ3n) is 7.29. The first-order chi connectivity index (χ1) is 16.9. The number of fused-ring (bicyclic) bond motifs is 2. The van der Waals surface area contributed by atoms with Crippen molar-refractivity contribution >= 4 is 5.91 Å². The molecule has 1 N–H and O–H groups in total. The Kier molecular flexibility index (Phi) is 5.48. The van der Waals surface area contributed by atoms with Crippen LogP contribution in [-0.4, -0.2) is 45.8 Å². The van der Waals surface area contributed by atoms with Crippen LogP contribution >= 0.6 is 0 Å². The Morgan fingerprint density at radius 3 is 2.44 bits per heavy atom. The maximum Gasteiger partial charge on any atom is 0.294 e. The van der Waals surface area contributed by atoms with Gasteiger partial charge in [0.2, 0.25) is 0 Å².